The van der Waals surface area contributed by atoms with Gasteiger partial charge < -0.3 is 26.6 Å². The summed E-state index contributed by atoms with van der Waals surface area (Å²) < 4.78 is 0. The van der Waals surface area contributed by atoms with Gasteiger partial charge in [0.05, 0.1) is 6.04 Å². The fourth-order valence-corrected chi connectivity index (χ4v) is 1.50. The summed E-state index contributed by atoms with van der Waals surface area (Å²) >= 11 is 0. The molecule has 0 aromatic heterocycles. The Kier molecular flexibility index (Phi) is 7.90. The molecule has 9 heteroatoms. The molecule has 0 rings (SSSR count). The van der Waals surface area contributed by atoms with Crippen molar-refractivity contribution in [3.8, 4) is 0 Å². The van der Waals surface area contributed by atoms with Crippen LogP contribution in [-0.4, -0.2) is 53.1 Å². The highest BCUT2D eigenvalue weighted by atomic mass is 16.4. The van der Waals surface area contributed by atoms with Crippen LogP contribution in [-0.2, 0) is 19.2 Å². The van der Waals surface area contributed by atoms with Crippen LogP contribution in [0, 0.1) is 0 Å². The molecule has 2 atom stereocenters. The van der Waals surface area contributed by atoms with Crippen LogP contribution in [0.5, 0.6) is 0 Å². The minimum Gasteiger partial charge on any atom is -0.481 e. The molecule has 9 nitrogen and oxygen atoms in total. The van der Waals surface area contributed by atoms with E-state index < -0.39 is 35.8 Å². The number of carboxylic acids is 2. The Balaban J connectivity index is 4.51. The van der Waals surface area contributed by atoms with Crippen molar-refractivity contribution in [2.75, 3.05) is 7.05 Å². The summed E-state index contributed by atoms with van der Waals surface area (Å²) in [6.45, 7) is 0. The zero-order valence-electron chi connectivity index (χ0n) is 11.1. The number of hydrogen-bond donors (Lipinski definition) is 5. The number of nitrogens with two attached hydrogens (primary N) is 1. The lowest BCUT2D eigenvalue weighted by Gasteiger charge is -2.19. The molecule has 0 aliphatic rings. The number of hydrogen-bond acceptors (Lipinski definition) is 5. The summed E-state index contributed by atoms with van der Waals surface area (Å²) in [6, 6.07) is -1.89. The van der Waals surface area contributed by atoms with E-state index in [0.29, 0.717) is 0 Å². The van der Waals surface area contributed by atoms with E-state index in [9.17, 15) is 19.2 Å². The van der Waals surface area contributed by atoms with E-state index in [-0.39, 0.29) is 25.7 Å². The van der Waals surface area contributed by atoms with Gasteiger partial charge in [-0.1, -0.05) is 0 Å². The number of aliphatic carboxylic acids is 2. The smallest absolute Gasteiger partial charge is 0.303 e. The molecule has 0 aromatic rings. The summed E-state index contributed by atoms with van der Waals surface area (Å²) in [6.07, 6.45) is -0.601. The zero-order chi connectivity index (χ0) is 15.7. The lowest BCUT2D eigenvalue weighted by molar-refractivity contribution is -0.139. The lowest BCUT2D eigenvalue weighted by Crippen LogP contribution is -2.51. The van der Waals surface area contributed by atoms with Crippen LogP contribution in [0.3, 0.4) is 0 Å². The first-order valence-corrected chi connectivity index (χ1v) is 5.98. The SMILES string of the molecule is CNC(CCC(=O)O)C(=O)NC(CCC(=O)O)C(N)=O. The highest BCUT2D eigenvalue weighted by molar-refractivity contribution is 5.89. The Labute approximate surface area is 115 Å². The van der Waals surface area contributed by atoms with Gasteiger partial charge in [-0.25, -0.2) is 0 Å². The Morgan fingerprint density at radius 1 is 1.00 bits per heavy atom. The second-order valence-electron chi connectivity index (χ2n) is 4.17. The minimum atomic E-state index is -1.11. The van der Waals surface area contributed by atoms with Gasteiger partial charge in [0.1, 0.15) is 6.04 Å². The number of carbonyl (C=O) groups is 4. The Morgan fingerprint density at radius 3 is 1.80 bits per heavy atom. The Hall–Kier alpha value is -2.16. The molecule has 114 valence electrons. The maximum atomic E-state index is 11.8. The van der Waals surface area contributed by atoms with Crippen LogP contribution < -0.4 is 16.4 Å². The van der Waals surface area contributed by atoms with Gasteiger partial charge in [0.2, 0.25) is 11.8 Å². The molecular weight excluding hydrogens is 270 g/mol. The molecule has 2 amide bonds. The summed E-state index contributed by atoms with van der Waals surface area (Å²) in [5, 5.41) is 22.0. The second-order valence-corrected chi connectivity index (χ2v) is 4.17. The van der Waals surface area contributed by atoms with Crippen molar-refractivity contribution in [2.45, 2.75) is 37.8 Å². The molecule has 0 bridgehead atoms. The zero-order valence-corrected chi connectivity index (χ0v) is 11.1. The van der Waals surface area contributed by atoms with Crippen molar-refractivity contribution in [3.05, 3.63) is 0 Å². The first-order chi connectivity index (χ1) is 9.27. The fourth-order valence-electron chi connectivity index (χ4n) is 1.50. The van der Waals surface area contributed by atoms with Crippen LogP contribution in [0.1, 0.15) is 25.7 Å². The molecule has 0 radical (unpaired) electrons. The molecule has 0 fully saturated rings. The van der Waals surface area contributed by atoms with E-state index in [1.807, 2.05) is 0 Å². The topological polar surface area (TPSA) is 159 Å². The molecule has 0 saturated carbocycles. The van der Waals surface area contributed by atoms with E-state index in [0.717, 1.165) is 0 Å². The van der Waals surface area contributed by atoms with Gasteiger partial charge in [-0.15, -0.1) is 0 Å². The summed E-state index contributed by atoms with van der Waals surface area (Å²) in [5.41, 5.74) is 5.07. The third kappa shape index (κ3) is 7.31. The van der Waals surface area contributed by atoms with Gasteiger partial charge in [0.25, 0.3) is 0 Å². The Bertz CT molecular complexity index is 384. The number of nitrogens with one attached hydrogen (secondary N) is 2. The predicted octanol–water partition coefficient (Wildman–Crippen LogP) is -1.73. The van der Waals surface area contributed by atoms with E-state index in [1.54, 1.807) is 0 Å². The summed E-state index contributed by atoms with van der Waals surface area (Å²) in [7, 11) is 1.47. The molecule has 20 heavy (non-hydrogen) atoms. The highest BCUT2D eigenvalue weighted by Crippen LogP contribution is 2.01. The molecule has 2 unspecified atom stereocenters. The van der Waals surface area contributed by atoms with E-state index in [2.05, 4.69) is 10.6 Å². The van der Waals surface area contributed by atoms with E-state index in [4.69, 9.17) is 15.9 Å². The van der Waals surface area contributed by atoms with Crippen molar-refractivity contribution in [2.24, 2.45) is 5.73 Å². The van der Waals surface area contributed by atoms with Gasteiger partial charge in [0, 0.05) is 12.8 Å². The molecular formula is C11H19N3O6. The maximum absolute atomic E-state index is 11.8. The first kappa shape index (κ1) is 17.8. The average molecular weight is 289 g/mol. The van der Waals surface area contributed by atoms with Gasteiger partial charge >= 0.3 is 11.9 Å². The van der Waals surface area contributed by atoms with Gasteiger partial charge in [-0.3, -0.25) is 19.2 Å². The molecule has 0 aliphatic heterocycles. The predicted molar refractivity (Wildman–Crippen MR) is 67.7 cm³/mol. The molecule has 0 saturated heterocycles. The van der Waals surface area contributed by atoms with Crippen molar-refractivity contribution < 1.29 is 29.4 Å². The van der Waals surface area contributed by atoms with Crippen molar-refractivity contribution in [1.29, 1.82) is 0 Å². The van der Waals surface area contributed by atoms with Gasteiger partial charge in [-0.2, -0.15) is 0 Å². The number of carbonyl (C=O) groups excluding carboxylic acids is 2. The number of primary amides is 1. The third-order valence-corrected chi connectivity index (χ3v) is 2.62. The normalized spacial score (nSPS) is 13.2. The van der Waals surface area contributed by atoms with Crippen molar-refractivity contribution in [3.63, 3.8) is 0 Å². The fraction of sp³-hybridized carbons (Fsp3) is 0.636. The molecule has 6 N–H and O–H groups in total. The maximum Gasteiger partial charge on any atom is 0.303 e. The second kappa shape index (κ2) is 8.86. The van der Waals surface area contributed by atoms with Crippen molar-refractivity contribution in [1.82, 2.24) is 10.6 Å². The van der Waals surface area contributed by atoms with E-state index >= 15 is 0 Å². The molecule has 0 aromatic carbocycles. The third-order valence-electron chi connectivity index (χ3n) is 2.62. The standard InChI is InChI=1S/C11H19N3O6/c1-13-7(3-5-9(17)18)11(20)14-6(10(12)19)2-4-8(15)16/h6-7,13H,2-5H2,1H3,(H2,12,19)(H,14,20)(H,15,16)(H,17,18). The number of carboxylic acid groups (broad SMARTS) is 2. The van der Waals surface area contributed by atoms with Crippen LogP contribution in [0.15, 0.2) is 0 Å². The van der Waals surface area contributed by atoms with Crippen LogP contribution in [0.25, 0.3) is 0 Å². The van der Waals surface area contributed by atoms with Gasteiger partial charge in [0.15, 0.2) is 0 Å². The number of likely N-dealkylation sites (N-methyl/N-ethyl adjacent to an activating group) is 1. The van der Waals surface area contributed by atoms with Crippen LogP contribution in [0.2, 0.25) is 0 Å². The number of amides is 2. The Morgan fingerprint density at radius 2 is 1.45 bits per heavy atom. The van der Waals surface area contributed by atoms with Gasteiger partial charge in [-0.05, 0) is 19.9 Å². The highest BCUT2D eigenvalue weighted by Gasteiger charge is 2.24. The minimum absolute atomic E-state index is 0.0437. The van der Waals surface area contributed by atoms with Crippen LogP contribution >= 0.6 is 0 Å². The van der Waals surface area contributed by atoms with E-state index in [1.165, 1.54) is 7.05 Å². The molecule has 0 spiro atoms. The first-order valence-electron chi connectivity index (χ1n) is 5.98. The molecule has 0 heterocycles. The van der Waals surface area contributed by atoms with Crippen LogP contribution in [0.4, 0.5) is 0 Å². The van der Waals surface area contributed by atoms with Crippen molar-refractivity contribution >= 4 is 23.8 Å². The summed E-state index contributed by atoms with van der Waals surface area (Å²) in [4.78, 5) is 43.8. The largest absolute Gasteiger partial charge is 0.481 e. The quantitative estimate of drug-likeness (QED) is 0.319. The summed E-state index contributed by atoms with van der Waals surface area (Å²) in [5.74, 6) is -3.59. The number of rotatable bonds is 10. The monoisotopic (exact) mass is 289 g/mol. The average Bonchev–Trinajstić information content (AvgIpc) is 2.34. The lowest BCUT2D eigenvalue weighted by atomic mass is 10.1. The molecule has 0 aliphatic carbocycles.